The molecule has 0 saturated heterocycles. The van der Waals surface area contributed by atoms with Gasteiger partial charge >= 0.3 is 24.2 Å². The monoisotopic (exact) mass is 983 g/mol. The molecule has 4 aromatic rings. The third kappa shape index (κ3) is 17.8. The van der Waals surface area contributed by atoms with Crippen LogP contribution in [-0.2, 0) is 31.9 Å². The Balaban J connectivity index is 1.09. The molecule has 0 aliphatic heterocycles. The minimum Gasteiger partial charge on any atom is -0.462 e. The Hall–Kier alpha value is -5.78. The van der Waals surface area contributed by atoms with Gasteiger partial charge in [0, 0.05) is 28.9 Å². The van der Waals surface area contributed by atoms with Crippen LogP contribution in [0.4, 0.5) is 28.9 Å². The van der Waals surface area contributed by atoms with Crippen LogP contribution >= 0.6 is 0 Å². The maximum Gasteiger partial charge on any atom is 0.400 e. The Bertz CT molecular complexity index is 2140. The van der Waals surface area contributed by atoms with Crippen LogP contribution in [0.2, 0.25) is 0 Å². The van der Waals surface area contributed by atoms with Crippen molar-refractivity contribution in [2.24, 2.45) is 29.1 Å². The molecule has 0 bridgehead atoms. The molecule has 71 heavy (non-hydrogen) atoms. The SMILES string of the molecule is CCCCCC1CCCC(C(F)(F)Oc2ccc(/C=C/C(=O)OCC(COC(=O)/C=C/c3ccc(OC(F)(F)C4CCCC(CCCCC)C4)cc3)(Cc3ccc(N)cc3)Cc3ccc(N)cc3)cc2)C1. The number of carbonyl (C=O) groups excluding carboxylic acids is 2. The summed E-state index contributed by atoms with van der Waals surface area (Å²) in [6, 6.07) is 26.8. The van der Waals surface area contributed by atoms with Gasteiger partial charge in [-0.15, -0.1) is 0 Å². The molecule has 6 rings (SSSR count). The number of hydrogen-bond acceptors (Lipinski definition) is 8. The van der Waals surface area contributed by atoms with Gasteiger partial charge in [-0.05, 0) is 133 Å². The van der Waals surface area contributed by atoms with E-state index in [1.807, 2.05) is 24.3 Å². The number of esters is 2. The van der Waals surface area contributed by atoms with Crippen LogP contribution in [0.25, 0.3) is 12.2 Å². The van der Waals surface area contributed by atoms with Gasteiger partial charge in [0.15, 0.2) is 0 Å². The van der Waals surface area contributed by atoms with Crippen molar-refractivity contribution in [3.8, 4) is 11.5 Å². The highest BCUT2D eigenvalue weighted by Gasteiger charge is 2.45. The van der Waals surface area contributed by atoms with E-state index in [0.717, 1.165) is 88.2 Å². The molecule has 8 nitrogen and oxygen atoms in total. The Morgan fingerprint density at radius 2 is 0.930 bits per heavy atom. The summed E-state index contributed by atoms with van der Waals surface area (Å²) in [4.78, 5) is 26.8. The van der Waals surface area contributed by atoms with E-state index in [1.54, 1.807) is 48.5 Å². The predicted molar refractivity (Wildman–Crippen MR) is 275 cm³/mol. The molecule has 4 N–H and O–H groups in total. The second-order valence-corrected chi connectivity index (χ2v) is 20.1. The average molecular weight is 983 g/mol. The minimum absolute atomic E-state index is 0.0492. The summed E-state index contributed by atoms with van der Waals surface area (Å²) in [6.45, 7) is 3.97. The van der Waals surface area contributed by atoms with Crippen LogP contribution < -0.4 is 20.9 Å². The van der Waals surface area contributed by atoms with Crippen LogP contribution in [0.1, 0.15) is 139 Å². The van der Waals surface area contributed by atoms with Gasteiger partial charge in [0.1, 0.15) is 24.7 Å². The van der Waals surface area contributed by atoms with E-state index in [1.165, 1.54) is 48.6 Å². The maximum absolute atomic E-state index is 15.4. The Morgan fingerprint density at radius 3 is 1.30 bits per heavy atom. The maximum atomic E-state index is 15.4. The molecule has 0 spiro atoms. The molecule has 384 valence electrons. The Labute approximate surface area is 418 Å². The lowest BCUT2D eigenvalue weighted by Gasteiger charge is -2.34. The number of ether oxygens (including phenoxy) is 4. The van der Waals surface area contributed by atoms with Crippen molar-refractivity contribution in [2.45, 2.75) is 142 Å². The molecule has 2 aliphatic carbocycles. The molecule has 4 aromatic carbocycles. The fraction of sp³-hybridized carbons (Fsp3) is 0.492. The van der Waals surface area contributed by atoms with Gasteiger partial charge in [-0.3, -0.25) is 0 Å². The van der Waals surface area contributed by atoms with Gasteiger partial charge < -0.3 is 30.4 Å². The van der Waals surface area contributed by atoms with Crippen LogP contribution in [0, 0.1) is 29.1 Å². The zero-order valence-electron chi connectivity index (χ0n) is 41.6. The molecule has 2 saturated carbocycles. The predicted octanol–water partition coefficient (Wildman–Crippen LogP) is 14.9. The summed E-state index contributed by atoms with van der Waals surface area (Å²) in [6.07, 6.45) is 13.5. The third-order valence-corrected chi connectivity index (χ3v) is 14.2. The Morgan fingerprint density at radius 1 is 0.549 bits per heavy atom. The van der Waals surface area contributed by atoms with Crippen molar-refractivity contribution in [1.29, 1.82) is 0 Å². The molecule has 2 aliphatic rings. The van der Waals surface area contributed by atoms with Crippen molar-refractivity contribution < 1.29 is 46.1 Å². The molecule has 4 unspecified atom stereocenters. The number of hydrogen-bond donors (Lipinski definition) is 2. The normalized spacial score (nSPS) is 18.9. The first-order valence-corrected chi connectivity index (χ1v) is 25.8. The number of alkyl halides is 4. The highest BCUT2D eigenvalue weighted by Crippen LogP contribution is 2.43. The zero-order valence-corrected chi connectivity index (χ0v) is 41.6. The van der Waals surface area contributed by atoms with Gasteiger partial charge in [0.2, 0.25) is 0 Å². The molecule has 0 aromatic heterocycles. The van der Waals surface area contributed by atoms with E-state index in [9.17, 15) is 9.59 Å². The number of halogens is 4. The second-order valence-electron chi connectivity index (χ2n) is 20.1. The van der Waals surface area contributed by atoms with Crippen molar-refractivity contribution >= 4 is 35.5 Å². The first kappa shape index (κ1) is 54.6. The quantitative estimate of drug-likeness (QED) is 0.0210. The van der Waals surface area contributed by atoms with E-state index in [4.69, 9.17) is 30.4 Å². The van der Waals surface area contributed by atoms with Gasteiger partial charge in [-0.1, -0.05) is 139 Å². The van der Waals surface area contributed by atoms with Gasteiger partial charge in [-0.25, -0.2) is 9.59 Å². The van der Waals surface area contributed by atoms with E-state index < -0.39 is 41.4 Å². The fourth-order valence-corrected chi connectivity index (χ4v) is 10.2. The molecular weight excluding hydrogens is 909 g/mol. The van der Waals surface area contributed by atoms with E-state index in [-0.39, 0.29) is 24.7 Å². The van der Waals surface area contributed by atoms with Gasteiger partial charge in [-0.2, -0.15) is 17.6 Å². The minimum atomic E-state index is -3.29. The average Bonchev–Trinajstić information content (AvgIpc) is 3.36. The van der Waals surface area contributed by atoms with Crippen molar-refractivity contribution in [1.82, 2.24) is 0 Å². The van der Waals surface area contributed by atoms with E-state index in [2.05, 4.69) is 13.8 Å². The summed E-state index contributed by atoms with van der Waals surface area (Å²) in [5.41, 5.74) is 15.1. The third-order valence-electron chi connectivity index (χ3n) is 14.2. The fourth-order valence-electron chi connectivity index (χ4n) is 10.2. The van der Waals surface area contributed by atoms with Crippen LogP contribution in [0.3, 0.4) is 0 Å². The summed E-state index contributed by atoms with van der Waals surface area (Å²) in [5.74, 6) is -2.30. The van der Waals surface area contributed by atoms with Crippen LogP contribution in [0.15, 0.2) is 109 Å². The number of anilines is 2. The Kier molecular flexibility index (Phi) is 20.4. The van der Waals surface area contributed by atoms with E-state index in [0.29, 0.717) is 72.9 Å². The molecular formula is C59H74F4N2O6. The van der Waals surface area contributed by atoms with Gasteiger partial charge in [0.05, 0.1) is 11.8 Å². The number of carbonyl (C=O) groups is 2. The number of rotatable bonds is 26. The van der Waals surface area contributed by atoms with Crippen molar-refractivity contribution in [2.75, 3.05) is 24.7 Å². The number of nitrogens with two attached hydrogens (primary N) is 2. The van der Waals surface area contributed by atoms with Crippen molar-refractivity contribution in [3.05, 3.63) is 131 Å². The van der Waals surface area contributed by atoms with Crippen molar-refractivity contribution in [3.63, 3.8) is 0 Å². The molecule has 0 heterocycles. The van der Waals surface area contributed by atoms with E-state index >= 15 is 17.6 Å². The van der Waals surface area contributed by atoms with Crippen LogP contribution in [-0.4, -0.2) is 37.4 Å². The summed E-state index contributed by atoms with van der Waals surface area (Å²) in [5, 5.41) is 0. The molecule has 0 radical (unpaired) electrons. The first-order valence-electron chi connectivity index (χ1n) is 25.8. The lowest BCUT2D eigenvalue weighted by Crippen LogP contribution is -2.38. The lowest BCUT2D eigenvalue weighted by molar-refractivity contribution is -0.225. The highest BCUT2D eigenvalue weighted by atomic mass is 19.3. The molecule has 0 amide bonds. The lowest BCUT2D eigenvalue weighted by atomic mass is 9.77. The van der Waals surface area contributed by atoms with Gasteiger partial charge in [0.25, 0.3) is 0 Å². The zero-order chi connectivity index (χ0) is 50.7. The standard InChI is InChI=1S/C59H74F4N2O6/c1-3-5-7-11-45-13-9-15-49(37-45)58(60,61)70-53-31-21-43(22-32-53)25-35-55(66)68-41-57(39-47-17-27-51(64)28-18-47,40-48-19-29-52(65)30-20-48)42-69-56(67)36-26-44-23-33-54(34-24-44)71-59(62,63)50-16-10-14-46(38-50)12-8-6-4-2/h17-36,45-46,49-50H,3-16,37-42,64-65H2,1-2H3/b35-25+,36-26+. The smallest absolute Gasteiger partial charge is 0.400 e. The molecule has 2 fully saturated rings. The molecule has 12 heteroatoms. The number of benzene rings is 4. The summed E-state index contributed by atoms with van der Waals surface area (Å²) >= 11 is 0. The summed E-state index contributed by atoms with van der Waals surface area (Å²) in [7, 11) is 0. The molecule has 4 atom stereocenters. The van der Waals surface area contributed by atoms with Crippen LogP contribution in [0.5, 0.6) is 11.5 Å². The summed E-state index contributed by atoms with van der Waals surface area (Å²) < 4.78 is 83.9. The first-order chi connectivity index (χ1) is 34.1. The second kappa shape index (κ2) is 26.6. The number of unbranched alkanes of at least 4 members (excludes halogenated alkanes) is 4. The topological polar surface area (TPSA) is 123 Å². The number of nitrogen functional groups attached to an aromatic ring is 2. The highest BCUT2D eigenvalue weighted by molar-refractivity contribution is 5.87. The largest absolute Gasteiger partial charge is 0.462 e.